The molecule has 0 bridgehead atoms. The first kappa shape index (κ1) is 14.3. The summed E-state index contributed by atoms with van der Waals surface area (Å²) < 4.78 is 14.4. The number of rotatable bonds is 7. The van der Waals surface area contributed by atoms with Crippen molar-refractivity contribution in [3.8, 4) is 5.88 Å². The van der Waals surface area contributed by atoms with Crippen LogP contribution in [0.3, 0.4) is 0 Å². The van der Waals surface area contributed by atoms with Gasteiger partial charge in [-0.05, 0) is 13.5 Å². The van der Waals surface area contributed by atoms with Gasteiger partial charge in [0, 0.05) is 18.3 Å². The van der Waals surface area contributed by atoms with Gasteiger partial charge < -0.3 is 10.1 Å². The quantitative estimate of drug-likeness (QED) is 0.778. The van der Waals surface area contributed by atoms with E-state index in [1.807, 2.05) is 6.20 Å². The first-order valence-electron chi connectivity index (χ1n) is 6.88. The summed E-state index contributed by atoms with van der Waals surface area (Å²) in [5, 5.41) is 3.23. The average molecular weight is 282 g/mol. The van der Waals surface area contributed by atoms with Crippen LogP contribution in [-0.2, 0) is 0 Å². The fourth-order valence-electron chi connectivity index (χ4n) is 2.03. The highest BCUT2D eigenvalue weighted by atomic mass is 32.1. The number of hydrogen-bond acceptors (Lipinski definition) is 6. The topological polar surface area (TPSA) is 50.3 Å². The Kier molecular flexibility index (Phi) is 5.60. The normalized spacial score (nSPS) is 16.0. The van der Waals surface area contributed by atoms with E-state index >= 15 is 0 Å². The number of nitrogens with zero attached hydrogens (tertiary/aromatic N) is 3. The predicted octanol–water partition coefficient (Wildman–Crippen LogP) is 2.33. The third-order valence-corrected chi connectivity index (χ3v) is 3.59. The number of likely N-dealkylation sites (N-methyl/N-ethyl adjacent to an activating group) is 1. The average Bonchev–Trinajstić information content (AvgIpc) is 2.87. The maximum Gasteiger partial charge on any atom is 0.253 e. The van der Waals surface area contributed by atoms with E-state index in [4.69, 9.17) is 4.74 Å². The Hall–Kier alpha value is -1.14. The third kappa shape index (κ3) is 4.18. The molecular formula is C13H22N4OS. The Labute approximate surface area is 119 Å². The van der Waals surface area contributed by atoms with Crippen LogP contribution in [0, 0.1) is 0 Å². The molecule has 0 radical (unpaired) electrons. The van der Waals surface area contributed by atoms with E-state index in [1.165, 1.54) is 31.0 Å². The van der Waals surface area contributed by atoms with Gasteiger partial charge >= 0.3 is 0 Å². The summed E-state index contributed by atoms with van der Waals surface area (Å²) in [4.78, 5) is 2.19. The van der Waals surface area contributed by atoms with Crippen molar-refractivity contribution in [1.29, 1.82) is 0 Å². The molecule has 0 saturated carbocycles. The maximum atomic E-state index is 5.76. The van der Waals surface area contributed by atoms with Crippen molar-refractivity contribution in [3.05, 3.63) is 11.9 Å². The Morgan fingerprint density at radius 2 is 2.26 bits per heavy atom. The molecule has 0 saturated heterocycles. The van der Waals surface area contributed by atoms with E-state index in [0.29, 0.717) is 5.88 Å². The molecule has 0 amide bonds. The molecule has 1 aliphatic heterocycles. The summed E-state index contributed by atoms with van der Waals surface area (Å²) >= 11 is 1.22. The zero-order chi connectivity index (χ0) is 13.5. The number of nitrogens with one attached hydrogen (secondary N) is 1. The minimum Gasteiger partial charge on any atom is -0.475 e. The first-order valence-corrected chi connectivity index (χ1v) is 7.61. The summed E-state index contributed by atoms with van der Waals surface area (Å²) in [5.74, 6) is 0.685. The molecule has 6 heteroatoms. The maximum absolute atomic E-state index is 5.76. The van der Waals surface area contributed by atoms with Crippen molar-refractivity contribution in [3.63, 3.8) is 0 Å². The van der Waals surface area contributed by atoms with Gasteiger partial charge in [-0.25, -0.2) is 0 Å². The predicted molar refractivity (Wildman–Crippen MR) is 78.2 cm³/mol. The highest BCUT2D eigenvalue weighted by Gasteiger charge is 2.18. The van der Waals surface area contributed by atoms with Crippen LogP contribution in [0.25, 0.3) is 5.57 Å². The number of aromatic nitrogens is 2. The van der Waals surface area contributed by atoms with Crippen LogP contribution in [0.15, 0.2) is 6.20 Å². The van der Waals surface area contributed by atoms with Crippen LogP contribution in [0.2, 0.25) is 0 Å². The number of hydrogen-bond donors (Lipinski definition) is 1. The van der Waals surface area contributed by atoms with Gasteiger partial charge in [0.1, 0.15) is 5.69 Å². The lowest BCUT2D eigenvalue weighted by Crippen LogP contribution is -2.34. The first-order chi connectivity index (χ1) is 9.31. The summed E-state index contributed by atoms with van der Waals surface area (Å²) in [6.07, 6.45) is 6.83. The van der Waals surface area contributed by atoms with Crippen LogP contribution in [0.5, 0.6) is 5.88 Å². The molecule has 0 atom stereocenters. The van der Waals surface area contributed by atoms with Gasteiger partial charge in [0.25, 0.3) is 5.88 Å². The van der Waals surface area contributed by atoms with Crippen LogP contribution in [0.4, 0.5) is 0 Å². The Morgan fingerprint density at radius 1 is 1.37 bits per heavy atom. The Balaban J connectivity index is 1.88. The molecule has 0 fully saturated rings. The number of ether oxygens (including phenoxy) is 1. The lowest BCUT2D eigenvalue weighted by atomic mass is 10.2. The van der Waals surface area contributed by atoms with Gasteiger partial charge in [0.15, 0.2) is 0 Å². The summed E-state index contributed by atoms with van der Waals surface area (Å²) in [7, 11) is 2.07. The molecule has 0 aliphatic carbocycles. The van der Waals surface area contributed by atoms with Gasteiger partial charge in [-0.2, -0.15) is 4.37 Å². The lowest BCUT2D eigenvalue weighted by Gasteiger charge is -2.23. The molecule has 1 aromatic rings. The van der Waals surface area contributed by atoms with Crippen LogP contribution in [-0.4, -0.2) is 40.5 Å². The van der Waals surface area contributed by atoms with Crippen molar-refractivity contribution < 1.29 is 4.74 Å². The summed E-state index contributed by atoms with van der Waals surface area (Å²) in [5.41, 5.74) is 2.03. The zero-order valence-electron chi connectivity index (χ0n) is 11.7. The largest absolute Gasteiger partial charge is 0.475 e. The lowest BCUT2D eigenvalue weighted by molar-refractivity contribution is 0.294. The molecule has 1 aliphatic rings. The summed E-state index contributed by atoms with van der Waals surface area (Å²) in [6, 6.07) is 0. The monoisotopic (exact) mass is 282 g/mol. The van der Waals surface area contributed by atoms with E-state index in [2.05, 4.69) is 32.9 Å². The molecule has 0 aromatic carbocycles. The fourth-order valence-corrected chi connectivity index (χ4v) is 2.56. The second-order valence-corrected chi connectivity index (χ2v) is 5.40. The summed E-state index contributed by atoms with van der Waals surface area (Å²) in [6.45, 7) is 4.69. The van der Waals surface area contributed by atoms with Gasteiger partial charge in [0.2, 0.25) is 0 Å². The van der Waals surface area contributed by atoms with Crippen molar-refractivity contribution in [2.24, 2.45) is 0 Å². The highest BCUT2D eigenvalue weighted by Crippen LogP contribution is 2.25. The second kappa shape index (κ2) is 7.45. The Bertz CT molecular complexity index is 419. The molecule has 5 nitrogen and oxygen atoms in total. The van der Waals surface area contributed by atoms with Gasteiger partial charge in [-0.3, -0.25) is 4.90 Å². The molecule has 0 spiro atoms. The second-order valence-electron chi connectivity index (χ2n) is 4.87. The minimum atomic E-state index is 0.685. The van der Waals surface area contributed by atoms with Crippen LogP contribution >= 0.6 is 11.7 Å². The molecule has 1 aromatic heterocycles. The van der Waals surface area contributed by atoms with Gasteiger partial charge in [0.05, 0.1) is 25.0 Å². The van der Waals surface area contributed by atoms with Gasteiger partial charge in [-0.1, -0.05) is 26.2 Å². The van der Waals surface area contributed by atoms with Crippen molar-refractivity contribution in [2.75, 3.05) is 26.9 Å². The molecular weight excluding hydrogens is 260 g/mol. The zero-order valence-corrected chi connectivity index (χ0v) is 12.5. The van der Waals surface area contributed by atoms with Crippen molar-refractivity contribution in [1.82, 2.24) is 19.0 Å². The van der Waals surface area contributed by atoms with E-state index < -0.39 is 0 Å². The Morgan fingerprint density at radius 3 is 3.05 bits per heavy atom. The number of unbranched alkanes of at least 4 members (excludes halogenated alkanes) is 3. The fraction of sp³-hybridized carbons (Fsp3) is 0.692. The molecule has 1 N–H and O–H groups in total. The molecule has 19 heavy (non-hydrogen) atoms. The molecule has 106 valence electrons. The van der Waals surface area contributed by atoms with E-state index in [-0.39, 0.29) is 0 Å². The third-order valence-electron chi connectivity index (χ3n) is 3.08. The van der Waals surface area contributed by atoms with E-state index in [1.54, 1.807) is 0 Å². The highest BCUT2D eigenvalue weighted by molar-refractivity contribution is 6.99. The molecule has 0 unspecified atom stereocenters. The van der Waals surface area contributed by atoms with Gasteiger partial charge in [-0.15, -0.1) is 4.37 Å². The SMILES string of the molecule is CCCCCCOc1nsnc1C1=CNCN(C)C1. The minimum absolute atomic E-state index is 0.685. The standard InChI is InChI=1S/C13H22N4OS/c1-3-4-5-6-7-18-13-12(15-19-16-13)11-8-14-10-17(2)9-11/h8,14H,3-7,9-10H2,1-2H3. The van der Waals surface area contributed by atoms with E-state index in [9.17, 15) is 0 Å². The van der Waals surface area contributed by atoms with E-state index in [0.717, 1.165) is 37.5 Å². The van der Waals surface area contributed by atoms with Crippen LogP contribution in [0.1, 0.15) is 38.3 Å². The smallest absolute Gasteiger partial charge is 0.253 e. The molecule has 2 heterocycles. The van der Waals surface area contributed by atoms with Crippen LogP contribution < -0.4 is 10.1 Å². The van der Waals surface area contributed by atoms with Crippen molar-refractivity contribution in [2.45, 2.75) is 32.6 Å². The molecule has 2 rings (SSSR count). The van der Waals surface area contributed by atoms with Crippen molar-refractivity contribution >= 4 is 17.3 Å².